The quantitative estimate of drug-likeness (QED) is 0.211. The van der Waals surface area contributed by atoms with Gasteiger partial charge in [0.2, 0.25) is 0 Å². The zero-order valence-corrected chi connectivity index (χ0v) is 23.1. The third-order valence-corrected chi connectivity index (χ3v) is 7.99. The van der Waals surface area contributed by atoms with Gasteiger partial charge < -0.3 is 0 Å². The van der Waals surface area contributed by atoms with Crippen molar-refractivity contribution in [3.05, 3.63) is 112 Å². The van der Waals surface area contributed by atoms with Gasteiger partial charge in [0.15, 0.2) is 0 Å². The SMILES string of the molecule is C#C/C=C(\C=C/C)CC(SC(=C)c1ccc(C)c(C(C)(C)C)c1)(C(=C)C)c1ccc(C)c(C)c1. The van der Waals surface area contributed by atoms with E-state index in [2.05, 4.69) is 110 Å². The number of hydrogen-bond acceptors (Lipinski definition) is 1. The standard InChI is InChI=1S/C33H40S/c1-12-14-28(15-13-2)22-33(23(3)4,30-19-17-24(5)26(7)20-30)34-27(8)29-18-16-25(6)31(21-29)32(9,10)11/h1,13-21H,3,8,22H2,2,4-7,9-11H3/b15-13-,28-14+. The summed E-state index contributed by atoms with van der Waals surface area (Å²) in [6.45, 7) is 26.5. The van der Waals surface area contributed by atoms with Gasteiger partial charge in [-0.1, -0.05) is 87.9 Å². The molecule has 0 bridgehead atoms. The molecule has 0 amide bonds. The lowest BCUT2D eigenvalue weighted by Crippen LogP contribution is -2.24. The molecule has 0 saturated carbocycles. The summed E-state index contributed by atoms with van der Waals surface area (Å²) in [6.07, 6.45) is 12.4. The first-order valence-electron chi connectivity index (χ1n) is 11.9. The van der Waals surface area contributed by atoms with E-state index in [-0.39, 0.29) is 5.41 Å². The Morgan fingerprint density at radius 2 is 1.65 bits per heavy atom. The molecule has 0 N–H and O–H groups in total. The molecule has 2 aromatic carbocycles. The summed E-state index contributed by atoms with van der Waals surface area (Å²) in [6, 6.07) is 13.4. The van der Waals surface area contributed by atoms with Crippen LogP contribution >= 0.6 is 11.8 Å². The van der Waals surface area contributed by atoms with Gasteiger partial charge >= 0.3 is 0 Å². The molecule has 0 saturated heterocycles. The molecule has 0 aliphatic carbocycles. The smallest absolute Gasteiger partial charge is 0.0699 e. The molecule has 0 nitrogen and oxygen atoms in total. The summed E-state index contributed by atoms with van der Waals surface area (Å²) in [4.78, 5) is 1.03. The lowest BCUT2D eigenvalue weighted by atomic mass is 9.83. The summed E-state index contributed by atoms with van der Waals surface area (Å²) in [7, 11) is 0. The van der Waals surface area contributed by atoms with Crippen LogP contribution in [0.25, 0.3) is 4.91 Å². The van der Waals surface area contributed by atoms with E-state index in [1.807, 2.05) is 19.1 Å². The second-order valence-corrected chi connectivity index (χ2v) is 11.7. The Balaban J connectivity index is 2.69. The minimum Gasteiger partial charge on any atom is -0.115 e. The Kier molecular flexibility index (Phi) is 9.04. The van der Waals surface area contributed by atoms with Gasteiger partial charge in [0.1, 0.15) is 0 Å². The molecule has 0 aromatic heterocycles. The van der Waals surface area contributed by atoms with Crippen LogP contribution in [0.3, 0.4) is 0 Å². The Morgan fingerprint density at radius 1 is 1.00 bits per heavy atom. The minimum atomic E-state index is -0.398. The van der Waals surface area contributed by atoms with E-state index in [1.54, 1.807) is 11.8 Å². The maximum atomic E-state index is 5.69. The number of hydrogen-bond donors (Lipinski definition) is 0. The van der Waals surface area contributed by atoms with E-state index in [0.29, 0.717) is 0 Å². The number of terminal acetylenes is 1. The summed E-state index contributed by atoms with van der Waals surface area (Å²) < 4.78 is -0.398. The number of allylic oxidation sites excluding steroid dienone is 4. The Bertz CT molecular complexity index is 1170. The van der Waals surface area contributed by atoms with Crippen molar-refractivity contribution in [2.75, 3.05) is 0 Å². The van der Waals surface area contributed by atoms with E-state index in [0.717, 1.165) is 28.0 Å². The fourth-order valence-corrected chi connectivity index (χ4v) is 5.64. The van der Waals surface area contributed by atoms with E-state index in [1.165, 1.54) is 27.8 Å². The summed E-state index contributed by atoms with van der Waals surface area (Å²) in [5.74, 6) is 2.73. The molecule has 2 rings (SSSR count). The predicted octanol–water partition coefficient (Wildman–Crippen LogP) is 9.61. The van der Waals surface area contributed by atoms with Crippen LogP contribution in [0.5, 0.6) is 0 Å². The molecule has 0 aliphatic heterocycles. The van der Waals surface area contributed by atoms with Gasteiger partial charge in [0.25, 0.3) is 0 Å². The highest BCUT2D eigenvalue weighted by Crippen LogP contribution is 2.53. The van der Waals surface area contributed by atoms with Crippen molar-refractivity contribution in [3.63, 3.8) is 0 Å². The Hall–Kier alpha value is -2.69. The van der Waals surface area contributed by atoms with E-state index < -0.39 is 4.75 Å². The number of thioether (sulfide) groups is 1. The van der Waals surface area contributed by atoms with Gasteiger partial charge in [-0.3, -0.25) is 0 Å². The van der Waals surface area contributed by atoms with Crippen LogP contribution in [0.4, 0.5) is 0 Å². The first kappa shape index (κ1) is 27.6. The lowest BCUT2D eigenvalue weighted by Gasteiger charge is -2.36. The van der Waals surface area contributed by atoms with Crippen molar-refractivity contribution < 1.29 is 0 Å². The lowest BCUT2D eigenvalue weighted by molar-refractivity contribution is 0.586. The van der Waals surface area contributed by atoms with Gasteiger partial charge in [0.05, 0.1) is 4.75 Å². The fraction of sp³-hybridized carbons (Fsp3) is 0.333. The van der Waals surface area contributed by atoms with Gasteiger partial charge in [-0.15, -0.1) is 18.2 Å². The van der Waals surface area contributed by atoms with Crippen molar-refractivity contribution in [1.82, 2.24) is 0 Å². The average molecular weight is 469 g/mol. The largest absolute Gasteiger partial charge is 0.115 e. The molecule has 1 unspecified atom stereocenters. The van der Waals surface area contributed by atoms with Gasteiger partial charge in [-0.05, 0) is 97.6 Å². The van der Waals surface area contributed by atoms with Crippen LogP contribution in [-0.2, 0) is 10.2 Å². The van der Waals surface area contributed by atoms with Gasteiger partial charge in [0, 0.05) is 4.91 Å². The second-order valence-electron chi connectivity index (χ2n) is 10.3. The molecule has 0 aliphatic rings. The second kappa shape index (κ2) is 11.2. The topological polar surface area (TPSA) is 0 Å². The van der Waals surface area contributed by atoms with Crippen LogP contribution in [0.1, 0.15) is 74.4 Å². The van der Waals surface area contributed by atoms with Crippen molar-refractivity contribution in [3.8, 4) is 12.3 Å². The molecule has 178 valence electrons. The fourth-order valence-electron chi connectivity index (χ4n) is 4.31. The number of rotatable bonds is 8. The normalized spacial score (nSPS) is 14.0. The average Bonchev–Trinajstić information content (AvgIpc) is 2.74. The van der Waals surface area contributed by atoms with Gasteiger partial charge in [-0.2, -0.15) is 0 Å². The molecule has 1 heteroatoms. The zero-order valence-electron chi connectivity index (χ0n) is 22.3. The minimum absolute atomic E-state index is 0.0686. The van der Waals surface area contributed by atoms with Crippen molar-refractivity contribution in [1.29, 1.82) is 0 Å². The maximum absolute atomic E-state index is 5.69. The molecule has 0 radical (unpaired) electrons. The summed E-state index contributed by atoms with van der Waals surface area (Å²) in [5.41, 5.74) is 9.84. The van der Waals surface area contributed by atoms with Gasteiger partial charge in [-0.25, -0.2) is 0 Å². The van der Waals surface area contributed by atoms with E-state index in [4.69, 9.17) is 6.42 Å². The molecular formula is C33H40S. The third-order valence-electron chi connectivity index (χ3n) is 6.43. The number of aryl methyl sites for hydroxylation is 3. The molecule has 1 atom stereocenters. The van der Waals surface area contributed by atoms with E-state index >= 15 is 0 Å². The van der Waals surface area contributed by atoms with Crippen molar-refractivity contribution >= 4 is 16.7 Å². The third kappa shape index (κ3) is 6.25. The zero-order chi connectivity index (χ0) is 25.7. The van der Waals surface area contributed by atoms with Crippen LogP contribution in [0.2, 0.25) is 0 Å². The maximum Gasteiger partial charge on any atom is 0.0699 e. The summed E-state index contributed by atoms with van der Waals surface area (Å²) >= 11 is 1.79. The summed E-state index contributed by atoms with van der Waals surface area (Å²) in [5, 5.41) is 0. The molecule has 0 fully saturated rings. The first-order chi connectivity index (χ1) is 15.9. The van der Waals surface area contributed by atoms with Crippen LogP contribution in [0.15, 0.2) is 78.9 Å². The Morgan fingerprint density at radius 3 is 2.18 bits per heavy atom. The molecule has 2 aromatic rings. The van der Waals surface area contributed by atoms with E-state index in [9.17, 15) is 0 Å². The number of benzene rings is 2. The highest BCUT2D eigenvalue weighted by atomic mass is 32.2. The van der Waals surface area contributed by atoms with Crippen molar-refractivity contribution in [2.45, 2.75) is 72.0 Å². The van der Waals surface area contributed by atoms with Crippen LogP contribution < -0.4 is 0 Å². The highest BCUT2D eigenvalue weighted by Gasteiger charge is 2.36. The molecule has 0 spiro atoms. The van der Waals surface area contributed by atoms with Crippen molar-refractivity contribution in [2.24, 2.45) is 0 Å². The van der Waals surface area contributed by atoms with Crippen LogP contribution in [0, 0.1) is 33.1 Å². The Labute approximate surface area is 213 Å². The van der Waals surface area contributed by atoms with Crippen LogP contribution in [-0.4, -0.2) is 0 Å². The molecule has 34 heavy (non-hydrogen) atoms. The molecule has 0 heterocycles. The first-order valence-corrected chi connectivity index (χ1v) is 12.7. The predicted molar refractivity (Wildman–Crippen MR) is 155 cm³/mol. The monoisotopic (exact) mass is 468 g/mol. The highest BCUT2D eigenvalue weighted by molar-refractivity contribution is 8.09. The molecular weight excluding hydrogens is 428 g/mol.